The molecule has 0 radical (unpaired) electrons. The number of ether oxygens (including phenoxy) is 1. The second kappa shape index (κ2) is 12.8. The molecule has 9 heteroatoms. The number of aryl methyl sites for hydroxylation is 1. The van der Waals surface area contributed by atoms with Gasteiger partial charge in [0.15, 0.2) is 0 Å². The second-order valence-electron chi connectivity index (χ2n) is 6.99. The lowest BCUT2D eigenvalue weighted by Gasteiger charge is -1.97. The van der Waals surface area contributed by atoms with Gasteiger partial charge in [-0.15, -0.1) is 0 Å². The molecule has 3 aromatic rings. The maximum absolute atomic E-state index is 10.2. The fraction of sp³-hybridized carbons (Fsp3) is 0.364. The number of β-amino-alcohol motifs (C(OH)–C–C–N with tert-alkyl or cyclic N) is 1. The van der Waals surface area contributed by atoms with Crippen molar-refractivity contribution in [2.24, 2.45) is 0 Å². The van der Waals surface area contributed by atoms with Gasteiger partial charge in [-0.1, -0.05) is 29.3 Å². The number of hydrogen-bond donors (Lipinski definition) is 5. The third-order valence-electron chi connectivity index (χ3n) is 4.42. The number of rotatable bonds is 4. The predicted octanol–water partition coefficient (Wildman–Crippen LogP) is 3.37. The molecule has 1 saturated heterocycles. The fourth-order valence-corrected chi connectivity index (χ4v) is 2.93. The number of imidazole rings is 1. The molecule has 1 aromatic heterocycles. The number of aliphatic hydroxyl groups is 1. The van der Waals surface area contributed by atoms with Crippen LogP contribution < -0.4 is 15.4 Å². The van der Waals surface area contributed by atoms with Crippen LogP contribution in [0.5, 0.6) is 5.75 Å². The maximum Gasteiger partial charge on any atom is 0.404 e. The van der Waals surface area contributed by atoms with Crippen LogP contribution in [0.3, 0.4) is 0 Å². The molecular weight excluding hydrogens is 420 g/mol. The number of methoxy groups -OCH3 is 1. The average Bonchev–Trinajstić information content (AvgIpc) is 3.37. The summed E-state index contributed by atoms with van der Waals surface area (Å²) in [6.07, 6.45) is 0.364. The van der Waals surface area contributed by atoms with E-state index in [2.05, 4.69) is 27.5 Å². The molecular formula is C22H29ClN4O4. The van der Waals surface area contributed by atoms with E-state index >= 15 is 0 Å². The van der Waals surface area contributed by atoms with E-state index in [0.29, 0.717) is 18.0 Å². The summed E-state index contributed by atoms with van der Waals surface area (Å²) in [6, 6.07) is 13.3. The average molecular weight is 449 g/mol. The number of nitrogens with zero attached hydrogens (tertiary/aromatic N) is 1. The molecule has 31 heavy (non-hydrogen) atoms. The molecule has 2 aromatic carbocycles. The molecule has 2 heterocycles. The van der Waals surface area contributed by atoms with Crippen molar-refractivity contribution in [1.29, 1.82) is 0 Å². The summed E-state index contributed by atoms with van der Waals surface area (Å²) in [5, 5.41) is 23.0. The number of carboxylic acid groups (broad SMARTS) is 1. The molecule has 1 atom stereocenters. The normalized spacial score (nSPS) is 14.8. The van der Waals surface area contributed by atoms with Crippen molar-refractivity contribution in [3.05, 3.63) is 58.9 Å². The number of aromatic nitrogens is 2. The summed E-state index contributed by atoms with van der Waals surface area (Å²) in [5.74, 6) is 1.66. The van der Waals surface area contributed by atoms with E-state index in [1.807, 2.05) is 30.3 Å². The molecule has 1 amide bonds. The van der Waals surface area contributed by atoms with Gasteiger partial charge in [-0.3, -0.25) is 0 Å². The summed E-state index contributed by atoms with van der Waals surface area (Å²) in [4.78, 5) is 17.6. The number of hydrogen-bond acceptors (Lipinski definition) is 5. The monoisotopic (exact) mass is 448 g/mol. The van der Waals surface area contributed by atoms with Crippen LogP contribution in [0.25, 0.3) is 11.0 Å². The standard InChI is InChI=1S/C10H10ClN3O2.C8H10O.C4H9NO/c11-6-1-2-7-8(5-6)14-9(13-7)3-4-12-10(15)16;1-7-3-5-8(9-2)6-4-7;6-4-1-2-5-3-4/h1-2,5,12H,3-4H2,(H,13,14)(H,15,16);3-6H,1-2H3;4-6H,1-3H2. The lowest BCUT2D eigenvalue weighted by molar-refractivity contribution is 0.194. The SMILES string of the molecule is COc1ccc(C)cc1.O=C(O)NCCc1nc2ccc(Cl)cc2[nH]1.OC1CCNC1. The number of aromatic amines is 1. The van der Waals surface area contributed by atoms with Gasteiger partial charge >= 0.3 is 6.09 Å². The minimum atomic E-state index is -1.03. The number of H-pyrrole nitrogens is 1. The van der Waals surface area contributed by atoms with Crippen molar-refractivity contribution in [2.45, 2.75) is 25.9 Å². The van der Waals surface area contributed by atoms with E-state index in [-0.39, 0.29) is 6.10 Å². The van der Waals surface area contributed by atoms with Crippen molar-refractivity contribution in [2.75, 3.05) is 26.7 Å². The molecule has 1 aliphatic heterocycles. The number of aliphatic hydroxyl groups excluding tert-OH is 1. The number of fused-ring (bicyclic) bond motifs is 1. The first-order chi connectivity index (χ1) is 14.9. The Morgan fingerprint density at radius 1 is 1.29 bits per heavy atom. The van der Waals surface area contributed by atoms with E-state index in [1.165, 1.54) is 5.56 Å². The quantitative estimate of drug-likeness (QED) is 0.417. The Kier molecular flexibility index (Phi) is 10.1. The van der Waals surface area contributed by atoms with Gasteiger partial charge in [-0.05, 0) is 50.2 Å². The summed E-state index contributed by atoms with van der Waals surface area (Å²) in [6.45, 7) is 4.17. The Balaban J connectivity index is 0.000000190. The minimum Gasteiger partial charge on any atom is -0.497 e. The zero-order valence-corrected chi connectivity index (χ0v) is 18.4. The molecule has 8 nitrogen and oxygen atoms in total. The van der Waals surface area contributed by atoms with Crippen molar-refractivity contribution in [1.82, 2.24) is 20.6 Å². The van der Waals surface area contributed by atoms with Crippen LogP contribution in [0.1, 0.15) is 17.8 Å². The van der Waals surface area contributed by atoms with E-state index in [1.54, 1.807) is 19.2 Å². The molecule has 4 rings (SSSR count). The second-order valence-corrected chi connectivity index (χ2v) is 7.43. The highest BCUT2D eigenvalue weighted by atomic mass is 35.5. The summed E-state index contributed by atoms with van der Waals surface area (Å²) in [7, 11) is 1.67. The fourth-order valence-electron chi connectivity index (χ4n) is 2.75. The highest BCUT2D eigenvalue weighted by Gasteiger charge is 2.08. The van der Waals surface area contributed by atoms with Gasteiger partial charge in [0.05, 0.1) is 24.2 Å². The molecule has 0 spiro atoms. The number of nitrogens with one attached hydrogen (secondary N) is 3. The van der Waals surface area contributed by atoms with Crippen LogP contribution in [-0.4, -0.2) is 59.1 Å². The molecule has 168 valence electrons. The lowest BCUT2D eigenvalue weighted by Crippen LogP contribution is -2.23. The van der Waals surface area contributed by atoms with Gasteiger partial charge in [0, 0.05) is 24.5 Å². The van der Waals surface area contributed by atoms with E-state index < -0.39 is 6.09 Å². The maximum atomic E-state index is 10.2. The van der Waals surface area contributed by atoms with Gasteiger partial charge in [-0.25, -0.2) is 9.78 Å². The highest BCUT2D eigenvalue weighted by Crippen LogP contribution is 2.17. The zero-order valence-electron chi connectivity index (χ0n) is 17.7. The van der Waals surface area contributed by atoms with Crippen molar-refractivity contribution >= 4 is 28.7 Å². The number of benzene rings is 2. The van der Waals surface area contributed by atoms with Crippen LogP contribution in [0.2, 0.25) is 5.02 Å². The first-order valence-electron chi connectivity index (χ1n) is 9.97. The van der Waals surface area contributed by atoms with Gasteiger partial charge in [0.2, 0.25) is 0 Å². The first kappa shape index (κ1) is 24.5. The molecule has 0 aliphatic carbocycles. The number of halogens is 1. The topological polar surface area (TPSA) is 120 Å². The minimum absolute atomic E-state index is 0.0648. The van der Waals surface area contributed by atoms with Gasteiger partial charge in [0.1, 0.15) is 11.6 Å². The Morgan fingerprint density at radius 2 is 2.03 bits per heavy atom. The van der Waals surface area contributed by atoms with Gasteiger partial charge in [-0.2, -0.15) is 0 Å². The van der Waals surface area contributed by atoms with Crippen molar-refractivity contribution in [3.63, 3.8) is 0 Å². The third kappa shape index (κ3) is 9.25. The largest absolute Gasteiger partial charge is 0.497 e. The van der Waals surface area contributed by atoms with Crippen LogP contribution in [-0.2, 0) is 6.42 Å². The van der Waals surface area contributed by atoms with Crippen LogP contribution >= 0.6 is 11.6 Å². The number of amides is 1. The molecule has 0 bridgehead atoms. The van der Waals surface area contributed by atoms with Gasteiger partial charge < -0.3 is 30.6 Å². The number of carbonyl (C=O) groups is 1. The molecule has 0 saturated carbocycles. The summed E-state index contributed by atoms with van der Waals surface area (Å²) >= 11 is 5.84. The summed E-state index contributed by atoms with van der Waals surface area (Å²) in [5.41, 5.74) is 2.95. The summed E-state index contributed by atoms with van der Waals surface area (Å²) < 4.78 is 4.97. The smallest absolute Gasteiger partial charge is 0.404 e. The van der Waals surface area contributed by atoms with E-state index in [4.69, 9.17) is 26.6 Å². The Morgan fingerprint density at radius 3 is 2.58 bits per heavy atom. The first-order valence-corrected chi connectivity index (χ1v) is 10.4. The Bertz CT molecular complexity index is 940. The Hall–Kier alpha value is -2.81. The van der Waals surface area contributed by atoms with E-state index in [9.17, 15) is 4.79 Å². The zero-order chi connectivity index (χ0) is 22.6. The lowest BCUT2D eigenvalue weighted by atomic mass is 10.2. The molecule has 1 unspecified atom stereocenters. The van der Waals surface area contributed by atoms with E-state index in [0.717, 1.165) is 42.1 Å². The molecule has 5 N–H and O–H groups in total. The van der Waals surface area contributed by atoms with Crippen molar-refractivity contribution < 1.29 is 19.7 Å². The van der Waals surface area contributed by atoms with Crippen molar-refractivity contribution in [3.8, 4) is 5.75 Å². The third-order valence-corrected chi connectivity index (χ3v) is 4.66. The predicted molar refractivity (Wildman–Crippen MR) is 122 cm³/mol. The highest BCUT2D eigenvalue weighted by molar-refractivity contribution is 6.31. The van der Waals surface area contributed by atoms with Crippen LogP contribution in [0, 0.1) is 6.92 Å². The van der Waals surface area contributed by atoms with Crippen LogP contribution in [0.4, 0.5) is 4.79 Å². The molecule has 1 fully saturated rings. The molecule has 1 aliphatic rings. The Labute approximate surface area is 186 Å². The van der Waals surface area contributed by atoms with Gasteiger partial charge in [0.25, 0.3) is 0 Å². The van der Waals surface area contributed by atoms with Crippen LogP contribution in [0.15, 0.2) is 42.5 Å².